The molecular weight excluding hydrogens is 274 g/mol. The summed E-state index contributed by atoms with van der Waals surface area (Å²) in [6, 6.07) is 3.86. The molecule has 1 aromatic heterocycles. The highest BCUT2D eigenvalue weighted by molar-refractivity contribution is 5.92. The molecule has 0 radical (unpaired) electrons. The molecule has 1 aliphatic rings. The first-order chi connectivity index (χ1) is 10.8. The third kappa shape index (κ3) is 5.76. The zero-order valence-electron chi connectivity index (χ0n) is 13.8. The number of nitrogens with zero attached hydrogens (tertiary/aromatic N) is 2. The summed E-state index contributed by atoms with van der Waals surface area (Å²) in [5, 5.41) is 2.97. The summed E-state index contributed by atoms with van der Waals surface area (Å²) in [6.07, 6.45) is 10.2. The molecule has 1 fully saturated rings. The number of pyridine rings is 1. The fraction of sp³-hybridized carbons (Fsp3) is 0.667. The second-order valence-electron chi connectivity index (χ2n) is 6.17. The van der Waals surface area contributed by atoms with Crippen LogP contribution in [0.1, 0.15) is 61.5 Å². The predicted molar refractivity (Wildman–Crippen MR) is 90.1 cm³/mol. The minimum Gasteiger partial charge on any atom is -0.351 e. The van der Waals surface area contributed by atoms with Crippen molar-refractivity contribution in [3.8, 4) is 0 Å². The first kappa shape index (κ1) is 16.9. The van der Waals surface area contributed by atoms with E-state index in [-0.39, 0.29) is 5.91 Å². The van der Waals surface area contributed by atoms with Gasteiger partial charge in [0.05, 0.1) is 0 Å². The summed E-state index contributed by atoms with van der Waals surface area (Å²) in [6.45, 7) is 6.43. The number of aromatic nitrogens is 1. The third-order valence-corrected chi connectivity index (χ3v) is 4.26. The monoisotopic (exact) mass is 303 g/mol. The lowest BCUT2D eigenvalue weighted by molar-refractivity contribution is 0.0946. The van der Waals surface area contributed by atoms with Crippen LogP contribution in [-0.2, 0) is 6.42 Å². The van der Waals surface area contributed by atoms with Crippen LogP contribution in [0, 0.1) is 0 Å². The van der Waals surface area contributed by atoms with Gasteiger partial charge in [0.2, 0.25) is 0 Å². The molecule has 122 valence electrons. The number of rotatable bonds is 8. The third-order valence-electron chi connectivity index (χ3n) is 4.26. The van der Waals surface area contributed by atoms with Crippen LogP contribution in [0.4, 0.5) is 0 Å². The van der Waals surface area contributed by atoms with Crippen molar-refractivity contribution < 1.29 is 4.79 Å². The molecule has 4 heteroatoms. The average molecular weight is 303 g/mol. The summed E-state index contributed by atoms with van der Waals surface area (Å²) in [5.74, 6) is -0.0549. The summed E-state index contributed by atoms with van der Waals surface area (Å²) in [5.41, 5.74) is 1.74. The van der Waals surface area contributed by atoms with E-state index in [4.69, 9.17) is 0 Å². The van der Waals surface area contributed by atoms with Crippen LogP contribution in [0.15, 0.2) is 18.3 Å². The Morgan fingerprint density at radius 1 is 1.23 bits per heavy atom. The van der Waals surface area contributed by atoms with E-state index in [1.807, 2.05) is 18.3 Å². The molecule has 0 saturated carbocycles. The predicted octanol–water partition coefficient (Wildman–Crippen LogP) is 3.03. The molecule has 0 aliphatic carbocycles. The van der Waals surface area contributed by atoms with Gasteiger partial charge >= 0.3 is 0 Å². The lowest BCUT2D eigenvalue weighted by Gasteiger charge is -2.26. The van der Waals surface area contributed by atoms with Gasteiger partial charge in [-0.2, -0.15) is 0 Å². The zero-order chi connectivity index (χ0) is 15.6. The SMILES string of the molecule is CCCCc1ccc(C(=O)NCCCN2CCCCC2)nc1. The summed E-state index contributed by atoms with van der Waals surface area (Å²) in [4.78, 5) is 18.8. The molecule has 0 spiro atoms. The Kier molecular flexibility index (Phi) is 7.37. The van der Waals surface area contributed by atoms with Crippen LogP contribution in [0.2, 0.25) is 0 Å². The normalized spacial score (nSPS) is 15.7. The van der Waals surface area contributed by atoms with E-state index in [9.17, 15) is 4.79 Å². The van der Waals surface area contributed by atoms with Gasteiger partial charge in [-0.15, -0.1) is 0 Å². The minimum absolute atomic E-state index is 0.0549. The maximum Gasteiger partial charge on any atom is 0.269 e. The van der Waals surface area contributed by atoms with Gasteiger partial charge < -0.3 is 10.2 Å². The number of carbonyl (C=O) groups is 1. The molecule has 2 heterocycles. The Morgan fingerprint density at radius 2 is 2.05 bits per heavy atom. The van der Waals surface area contributed by atoms with E-state index in [0.717, 1.165) is 25.9 Å². The molecule has 0 unspecified atom stereocenters. The highest BCUT2D eigenvalue weighted by atomic mass is 16.1. The zero-order valence-corrected chi connectivity index (χ0v) is 13.8. The van der Waals surface area contributed by atoms with Crippen molar-refractivity contribution in [3.63, 3.8) is 0 Å². The Hall–Kier alpha value is -1.42. The van der Waals surface area contributed by atoms with E-state index in [2.05, 4.69) is 22.1 Å². The van der Waals surface area contributed by atoms with Gasteiger partial charge in [-0.1, -0.05) is 25.8 Å². The van der Waals surface area contributed by atoms with Gasteiger partial charge in [0.15, 0.2) is 0 Å². The lowest BCUT2D eigenvalue weighted by atomic mass is 10.1. The second kappa shape index (κ2) is 9.57. The number of aryl methyl sites for hydroxylation is 1. The molecule has 22 heavy (non-hydrogen) atoms. The molecule has 4 nitrogen and oxygen atoms in total. The van der Waals surface area contributed by atoms with Gasteiger partial charge in [0.1, 0.15) is 5.69 Å². The van der Waals surface area contributed by atoms with Crippen LogP contribution in [0.3, 0.4) is 0 Å². The van der Waals surface area contributed by atoms with Crippen molar-refractivity contribution in [2.45, 2.75) is 51.9 Å². The molecule has 1 saturated heterocycles. The quantitative estimate of drug-likeness (QED) is 0.751. The van der Waals surface area contributed by atoms with Crippen LogP contribution < -0.4 is 5.32 Å². The number of amides is 1. The van der Waals surface area contributed by atoms with E-state index in [1.165, 1.54) is 50.8 Å². The van der Waals surface area contributed by atoms with E-state index >= 15 is 0 Å². The highest BCUT2D eigenvalue weighted by Gasteiger charge is 2.10. The van der Waals surface area contributed by atoms with Gasteiger partial charge in [-0.3, -0.25) is 9.78 Å². The van der Waals surface area contributed by atoms with Crippen LogP contribution in [0.25, 0.3) is 0 Å². The molecule has 1 aromatic rings. The number of hydrogen-bond acceptors (Lipinski definition) is 3. The fourth-order valence-corrected chi connectivity index (χ4v) is 2.87. The Balaban J connectivity index is 1.65. The largest absolute Gasteiger partial charge is 0.351 e. The average Bonchev–Trinajstić information content (AvgIpc) is 2.58. The smallest absolute Gasteiger partial charge is 0.269 e. The number of hydrogen-bond donors (Lipinski definition) is 1. The van der Waals surface area contributed by atoms with Crippen molar-refractivity contribution in [2.75, 3.05) is 26.2 Å². The number of likely N-dealkylation sites (tertiary alicyclic amines) is 1. The van der Waals surface area contributed by atoms with E-state index in [1.54, 1.807) is 0 Å². The lowest BCUT2D eigenvalue weighted by Crippen LogP contribution is -2.33. The molecular formula is C18H29N3O. The number of piperidine rings is 1. The molecule has 0 atom stereocenters. The molecule has 0 bridgehead atoms. The second-order valence-corrected chi connectivity index (χ2v) is 6.17. The standard InChI is InChI=1S/C18H29N3O/c1-2-3-8-16-9-10-17(20-15-16)18(22)19-11-7-14-21-12-5-4-6-13-21/h9-10,15H,2-8,11-14H2,1H3,(H,19,22). The molecule has 1 amide bonds. The van der Waals surface area contributed by atoms with Crippen LogP contribution in [0.5, 0.6) is 0 Å². The van der Waals surface area contributed by atoms with Gasteiger partial charge in [-0.05, 0) is 63.4 Å². The maximum absolute atomic E-state index is 12.0. The van der Waals surface area contributed by atoms with Crippen molar-refractivity contribution in [3.05, 3.63) is 29.6 Å². The van der Waals surface area contributed by atoms with E-state index in [0.29, 0.717) is 5.69 Å². The Bertz CT molecular complexity index is 438. The number of nitrogens with one attached hydrogen (secondary N) is 1. The van der Waals surface area contributed by atoms with E-state index < -0.39 is 0 Å². The Labute approximate surface area is 134 Å². The van der Waals surface area contributed by atoms with Crippen LogP contribution in [-0.4, -0.2) is 42.0 Å². The van der Waals surface area contributed by atoms with Crippen molar-refractivity contribution in [1.82, 2.24) is 15.2 Å². The Morgan fingerprint density at radius 3 is 2.73 bits per heavy atom. The highest BCUT2D eigenvalue weighted by Crippen LogP contribution is 2.08. The summed E-state index contributed by atoms with van der Waals surface area (Å²) in [7, 11) is 0. The van der Waals surface area contributed by atoms with Crippen molar-refractivity contribution >= 4 is 5.91 Å². The molecule has 2 rings (SSSR count). The maximum atomic E-state index is 12.0. The molecule has 0 aromatic carbocycles. The minimum atomic E-state index is -0.0549. The van der Waals surface area contributed by atoms with Crippen LogP contribution >= 0.6 is 0 Å². The first-order valence-electron chi connectivity index (χ1n) is 8.75. The summed E-state index contributed by atoms with van der Waals surface area (Å²) >= 11 is 0. The topological polar surface area (TPSA) is 45.2 Å². The number of carbonyl (C=O) groups excluding carboxylic acids is 1. The van der Waals surface area contributed by atoms with Gasteiger partial charge in [-0.25, -0.2) is 0 Å². The fourth-order valence-electron chi connectivity index (χ4n) is 2.87. The van der Waals surface area contributed by atoms with Crippen molar-refractivity contribution in [2.24, 2.45) is 0 Å². The first-order valence-corrected chi connectivity index (χ1v) is 8.75. The van der Waals surface area contributed by atoms with Gasteiger partial charge in [0.25, 0.3) is 5.91 Å². The number of unbranched alkanes of at least 4 members (excludes halogenated alkanes) is 1. The molecule has 1 N–H and O–H groups in total. The van der Waals surface area contributed by atoms with Crippen molar-refractivity contribution in [1.29, 1.82) is 0 Å². The molecule has 1 aliphatic heterocycles. The summed E-state index contributed by atoms with van der Waals surface area (Å²) < 4.78 is 0. The van der Waals surface area contributed by atoms with Gasteiger partial charge in [0, 0.05) is 12.7 Å².